The normalized spacial score (nSPS) is 25.1. The standard InChI is InChI=1S/C20H27N5O3/c1-13(26)25-7-4-3-5-17(25)19-21-10-15-12-24(8-6-16(15)22-19)20(28)14-9-18(27)23(2)11-14/h10,14,17H,3-9,11-12H2,1-2H3. The van der Waals surface area contributed by atoms with Crippen LogP contribution in [0.3, 0.4) is 0 Å². The molecule has 0 aromatic carbocycles. The van der Waals surface area contributed by atoms with Crippen LogP contribution in [0.5, 0.6) is 0 Å². The van der Waals surface area contributed by atoms with Crippen LogP contribution in [0.1, 0.15) is 55.7 Å². The second kappa shape index (κ2) is 7.48. The van der Waals surface area contributed by atoms with Crippen LogP contribution in [-0.4, -0.2) is 69.1 Å². The number of nitrogens with zero attached hydrogens (tertiary/aromatic N) is 5. The largest absolute Gasteiger partial charge is 0.345 e. The third kappa shape index (κ3) is 3.47. The van der Waals surface area contributed by atoms with Gasteiger partial charge in [-0.3, -0.25) is 14.4 Å². The van der Waals surface area contributed by atoms with Crippen LogP contribution in [0.4, 0.5) is 0 Å². The van der Waals surface area contributed by atoms with Crippen molar-refractivity contribution in [3.05, 3.63) is 23.3 Å². The Kier molecular flexibility index (Phi) is 5.03. The minimum Gasteiger partial charge on any atom is -0.345 e. The van der Waals surface area contributed by atoms with Crippen LogP contribution in [-0.2, 0) is 27.3 Å². The number of carbonyl (C=O) groups is 3. The number of likely N-dealkylation sites (tertiary alicyclic amines) is 2. The molecule has 3 aliphatic heterocycles. The second-order valence-electron chi connectivity index (χ2n) is 8.11. The number of hydrogen-bond acceptors (Lipinski definition) is 5. The molecule has 1 aromatic rings. The van der Waals surface area contributed by atoms with Crippen molar-refractivity contribution in [2.24, 2.45) is 5.92 Å². The summed E-state index contributed by atoms with van der Waals surface area (Å²) in [4.78, 5) is 51.2. The van der Waals surface area contributed by atoms with E-state index in [0.717, 1.165) is 42.9 Å². The first-order valence-corrected chi connectivity index (χ1v) is 10.1. The summed E-state index contributed by atoms with van der Waals surface area (Å²) in [5.74, 6) is 0.620. The maximum atomic E-state index is 12.8. The molecule has 4 rings (SSSR count). The Labute approximate surface area is 164 Å². The average molecular weight is 385 g/mol. The predicted molar refractivity (Wildman–Crippen MR) is 101 cm³/mol. The molecule has 0 bridgehead atoms. The lowest BCUT2D eigenvalue weighted by atomic mass is 10.00. The van der Waals surface area contributed by atoms with Crippen LogP contribution in [0, 0.1) is 5.92 Å². The fourth-order valence-electron chi connectivity index (χ4n) is 4.54. The molecule has 3 amide bonds. The van der Waals surface area contributed by atoms with Gasteiger partial charge in [-0.15, -0.1) is 0 Å². The van der Waals surface area contributed by atoms with E-state index in [0.29, 0.717) is 32.5 Å². The fourth-order valence-corrected chi connectivity index (χ4v) is 4.54. The highest BCUT2D eigenvalue weighted by atomic mass is 16.2. The predicted octanol–water partition coefficient (Wildman–Crippen LogP) is 0.913. The molecule has 8 heteroatoms. The zero-order valence-electron chi connectivity index (χ0n) is 16.6. The van der Waals surface area contributed by atoms with Crippen LogP contribution in [0.25, 0.3) is 0 Å². The van der Waals surface area contributed by atoms with Gasteiger partial charge in [0, 0.05) is 64.8 Å². The third-order valence-electron chi connectivity index (χ3n) is 6.16. The van der Waals surface area contributed by atoms with Gasteiger partial charge >= 0.3 is 0 Å². The maximum Gasteiger partial charge on any atom is 0.228 e. The number of hydrogen-bond donors (Lipinski definition) is 0. The summed E-state index contributed by atoms with van der Waals surface area (Å²) in [5, 5.41) is 0. The van der Waals surface area contributed by atoms with Crippen LogP contribution in [0.2, 0.25) is 0 Å². The first-order chi connectivity index (χ1) is 13.4. The maximum absolute atomic E-state index is 12.8. The van der Waals surface area contributed by atoms with E-state index in [-0.39, 0.29) is 29.7 Å². The lowest BCUT2D eigenvalue weighted by Crippen LogP contribution is -2.41. The minimum atomic E-state index is -0.245. The molecule has 2 saturated heterocycles. The Bertz CT molecular complexity index is 811. The molecule has 0 aliphatic carbocycles. The van der Waals surface area contributed by atoms with Crippen molar-refractivity contribution in [1.82, 2.24) is 24.7 Å². The van der Waals surface area contributed by atoms with E-state index in [1.165, 1.54) is 0 Å². The van der Waals surface area contributed by atoms with Gasteiger partial charge in [-0.1, -0.05) is 0 Å². The minimum absolute atomic E-state index is 0.0336. The van der Waals surface area contributed by atoms with E-state index in [9.17, 15) is 14.4 Å². The van der Waals surface area contributed by atoms with E-state index in [1.807, 2.05) is 16.0 Å². The van der Waals surface area contributed by atoms with Crippen molar-refractivity contribution in [1.29, 1.82) is 0 Å². The molecule has 0 radical (unpaired) electrons. The topological polar surface area (TPSA) is 86.7 Å². The monoisotopic (exact) mass is 385 g/mol. The van der Waals surface area contributed by atoms with E-state index in [2.05, 4.69) is 4.98 Å². The summed E-state index contributed by atoms with van der Waals surface area (Å²) in [6.45, 7) is 3.96. The fraction of sp³-hybridized carbons (Fsp3) is 0.650. The van der Waals surface area contributed by atoms with Gasteiger partial charge in [0.15, 0.2) is 5.82 Å². The first-order valence-electron chi connectivity index (χ1n) is 10.1. The zero-order valence-corrected chi connectivity index (χ0v) is 16.6. The van der Waals surface area contributed by atoms with Gasteiger partial charge in [-0.05, 0) is 19.3 Å². The number of rotatable bonds is 2. The number of amides is 3. The van der Waals surface area contributed by atoms with E-state index >= 15 is 0 Å². The van der Waals surface area contributed by atoms with Gasteiger partial charge in [0.25, 0.3) is 0 Å². The summed E-state index contributed by atoms with van der Waals surface area (Å²) in [7, 11) is 1.74. The van der Waals surface area contributed by atoms with E-state index < -0.39 is 0 Å². The number of fused-ring (bicyclic) bond motifs is 1. The smallest absolute Gasteiger partial charge is 0.228 e. The summed E-state index contributed by atoms with van der Waals surface area (Å²) in [6.07, 6.45) is 5.79. The molecular formula is C20H27N5O3. The van der Waals surface area contributed by atoms with Gasteiger partial charge in [0.2, 0.25) is 17.7 Å². The van der Waals surface area contributed by atoms with Crippen molar-refractivity contribution < 1.29 is 14.4 Å². The molecule has 150 valence electrons. The lowest BCUT2D eigenvalue weighted by molar-refractivity contribution is -0.136. The molecule has 0 N–H and O–H groups in total. The van der Waals surface area contributed by atoms with Crippen molar-refractivity contribution in [3.63, 3.8) is 0 Å². The zero-order chi connectivity index (χ0) is 19.8. The molecule has 2 unspecified atom stereocenters. The Morgan fingerprint density at radius 2 is 2.04 bits per heavy atom. The molecule has 1 aromatic heterocycles. The van der Waals surface area contributed by atoms with Gasteiger partial charge in [0.1, 0.15) is 0 Å². The molecule has 28 heavy (non-hydrogen) atoms. The highest BCUT2D eigenvalue weighted by molar-refractivity contribution is 5.89. The molecule has 2 fully saturated rings. The van der Waals surface area contributed by atoms with Gasteiger partial charge in [0.05, 0.1) is 17.7 Å². The molecule has 3 aliphatic rings. The van der Waals surface area contributed by atoms with Gasteiger partial charge in [-0.25, -0.2) is 9.97 Å². The van der Waals surface area contributed by atoms with Crippen molar-refractivity contribution in [3.8, 4) is 0 Å². The SMILES string of the molecule is CC(=O)N1CCCCC1c1ncc2c(n1)CCN(C(=O)C1CC(=O)N(C)C1)C2. The highest BCUT2D eigenvalue weighted by Crippen LogP contribution is 2.30. The third-order valence-corrected chi connectivity index (χ3v) is 6.16. The van der Waals surface area contributed by atoms with Crippen molar-refractivity contribution in [2.75, 3.05) is 26.7 Å². The highest BCUT2D eigenvalue weighted by Gasteiger charge is 2.36. The average Bonchev–Trinajstić information content (AvgIpc) is 3.05. The second-order valence-corrected chi connectivity index (χ2v) is 8.11. The van der Waals surface area contributed by atoms with Crippen LogP contribution in [0.15, 0.2) is 6.20 Å². The van der Waals surface area contributed by atoms with E-state index in [4.69, 9.17) is 4.98 Å². The summed E-state index contributed by atoms with van der Waals surface area (Å²) < 4.78 is 0. The van der Waals surface area contributed by atoms with Gasteiger partial charge < -0.3 is 14.7 Å². The summed E-state index contributed by atoms with van der Waals surface area (Å²) in [6, 6.07) is -0.0451. The summed E-state index contributed by atoms with van der Waals surface area (Å²) >= 11 is 0. The number of piperidine rings is 1. The number of aromatic nitrogens is 2. The van der Waals surface area contributed by atoms with Crippen LogP contribution < -0.4 is 0 Å². The molecule has 0 saturated carbocycles. The van der Waals surface area contributed by atoms with E-state index in [1.54, 1.807) is 18.9 Å². The molecule has 8 nitrogen and oxygen atoms in total. The Morgan fingerprint density at radius 3 is 2.75 bits per heavy atom. The van der Waals surface area contributed by atoms with Crippen LogP contribution >= 0.6 is 0 Å². The lowest BCUT2D eigenvalue weighted by Gasteiger charge is -2.35. The summed E-state index contributed by atoms with van der Waals surface area (Å²) in [5.41, 5.74) is 1.94. The van der Waals surface area contributed by atoms with Crippen molar-refractivity contribution >= 4 is 17.7 Å². The Morgan fingerprint density at radius 1 is 1.21 bits per heavy atom. The number of carbonyl (C=O) groups excluding carboxylic acids is 3. The molecule has 4 heterocycles. The quantitative estimate of drug-likeness (QED) is 0.755. The molecule has 2 atom stereocenters. The van der Waals surface area contributed by atoms with Crippen molar-refractivity contribution in [2.45, 2.75) is 51.6 Å². The first kappa shape index (κ1) is 18.8. The molecule has 0 spiro atoms. The Balaban J connectivity index is 1.48. The molecular weight excluding hydrogens is 358 g/mol. The van der Waals surface area contributed by atoms with Gasteiger partial charge in [-0.2, -0.15) is 0 Å². The Hall–Kier alpha value is -2.51.